The summed E-state index contributed by atoms with van der Waals surface area (Å²) in [7, 11) is 0. The zero-order chi connectivity index (χ0) is 51.4. The zero-order valence-corrected chi connectivity index (χ0v) is 46.7. The minimum absolute atomic E-state index is 0.0988. The maximum Gasteiger partial charge on any atom is 0.310 e. The predicted octanol–water partition coefficient (Wildman–Crippen LogP) is 20.3. The number of esters is 3. The standard InChI is InChI=1S/C65H112O6/c1-4-7-10-13-16-19-21-23-25-26-27-28-29-30-31-32-33-34-35-36-37-38-40-41-43-46-49-52-55-58-64(67)70-61-62(60-69-63(66)57-54-51-48-45-18-15-12-9-6-3)71-65(68)59-56-53-50-47-44-42-39-24-22-20-17-14-11-8-5-2/h8,11,17,20-21,23-24,26-27,39,44,47,53,56,62H,4-7,9-10,12-16,18-19,22,25,28-38,40-43,45-46,48-52,54-55,57-61H2,1-3H3/b11-8-,20-17-,23-21-,27-26-,39-24-,47-44-,56-53-. The van der Waals surface area contributed by atoms with Gasteiger partial charge in [-0.1, -0.05) is 279 Å². The van der Waals surface area contributed by atoms with Crippen LogP contribution in [0, 0.1) is 0 Å². The van der Waals surface area contributed by atoms with E-state index in [1.807, 2.05) is 6.08 Å². The van der Waals surface area contributed by atoms with Crippen LogP contribution in [-0.4, -0.2) is 37.2 Å². The molecule has 0 amide bonds. The first-order chi connectivity index (χ1) is 35.0. The van der Waals surface area contributed by atoms with Crippen LogP contribution in [0.1, 0.15) is 290 Å². The molecule has 0 aromatic carbocycles. The lowest BCUT2D eigenvalue weighted by molar-refractivity contribution is -0.166. The topological polar surface area (TPSA) is 78.9 Å². The van der Waals surface area contributed by atoms with Crippen molar-refractivity contribution in [3.05, 3.63) is 85.1 Å². The Balaban J connectivity index is 4.18. The number of unbranched alkanes of at least 4 members (excludes halogenated alkanes) is 30. The van der Waals surface area contributed by atoms with E-state index in [9.17, 15) is 14.4 Å². The molecule has 0 rings (SSSR count). The normalized spacial score (nSPS) is 12.7. The molecule has 6 nitrogen and oxygen atoms in total. The smallest absolute Gasteiger partial charge is 0.310 e. The molecule has 0 fully saturated rings. The highest BCUT2D eigenvalue weighted by molar-refractivity contribution is 5.72. The largest absolute Gasteiger partial charge is 0.462 e. The number of hydrogen-bond acceptors (Lipinski definition) is 6. The molecule has 6 heteroatoms. The highest BCUT2D eigenvalue weighted by Gasteiger charge is 2.19. The Morgan fingerprint density at radius 2 is 0.592 bits per heavy atom. The third-order valence-corrected chi connectivity index (χ3v) is 12.9. The number of carbonyl (C=O) groups is 3. The second kappa shape index (κ2) is 59.2. The molecular weight excluding hydrogens is 877 g/mol. The van der Waals surface area contributed by atoms with Crippen molar-refractivity contribution in [2.45, 2.75) is 297 Å². The summed E-state index contributed by atoms with van der Waals surface area (Å²) in [4.78, 5) is 38.0. The van der Waals surface area contributed by atoms with Gasteiger partial charge >= 0.3 is 17.9 Å². The lowest BCUT2D eigenvalue weighted by Crippen LogP contribution is -2.30. The van der Waals surface area contributed by atoms with Crippen LogP contribution in [0.25, 0.3) is 0 Å². The van der Waals surface area contributed by atoms with Crippen LogP contribution in [0.4, 0.5) is 0 Å². The fourth-order valence-corrected chi connectivity index (χ4v) is 8.43. The van der Waals surface area contributed by atoms with E-state index in [0.29, 0.717) is 12.8 Å². The highest BCUT2D eigenvalue weighted by Crippen LogP contribution is 2.16. The first-order valence-corrected chi connectivity index (χ1v) is 30.1. The minimum Gasteiger partial charge on any atom is -0.462 e. The van der Waals surface area contributed by atoms with Gasteiger partial charge in [0.2, 0.25) is 0 Å². The maximum atomic E-state index is 12.7. The van der Waals surface area contributed by atoms with Crippen molar-refractivity contribution in [2.75, 3.05) is 13.2 Å². The van der Waals surface area contributed by atoms with Gasteiger partial charge in [0, 0.05) is 12.8 Å². The molecule has 0 radical (unpaired) electrons. The van der Waals surface area contributed by atoms with Gasteiger partial charge in [0.1, 0.15) is 13.2 Å². The summed E-state index contributed by atoms with van der Waals surface area (Å²) >= 11 is 0. The molecule has 408 valence electrons. The second-order valence-electron chi connectivity index (χ2n) is 19.9. The number of hydrogen-bond donors (Lipinski definition) is 0. The first-order valence-electron chi connectivity index (χ1n) is 30.1. The van der Waals surface area contributed by atoms with Crippen LogP contribution in [0.2, 0.25) is 0 Å². The zero-order valence-electron chi connectivity index (χ0n) is 46.7. The Hall–Kier alpha value is -3.41. The Labute approximate surface area is 439 Å². The van der Waals surface area contributed by atoms with Crippen LogP contribution in [-0.2, 0) is 28.6 Å². The molecule has 0 aliphatic rings. The van der Waals surface area contributed by atoms with E-state index >= 15 is 0 Å². The third-order valence-electron chi connectivity index (χ3n) is 12.9. The minimum atomic E-state index is -0.827. The monoisotopic (exact) mass is 989 g/mol. The highest BCUT2D eigenvalue weighted by atomic mass is 16.6. The van der Waals surface area contributed by atoms with Gasteiger partial charge in [-0.2, -0.15) is 0 Å². The van der Waals surface area contributed by atoms with Crippen LogP contribution in [0.3, 0.4) is 0 Å². The van der Waals surface area contributed by atoms with E-state index in [1.165, 1.54) is 173 Å². The summed E-state index contributed by atoms with van der Waals surface area (Å²) in [5.41, 5.74) is 0. The molecule has 0 aliphatic carbocycles. The van der Waals surface area contributed by atoms with Crippen molar-refractivity contribution in [3.63, 3.8) is 0 Å². The van der Waals surface area contributed by atoms with Crippen molar-refractivity contribution < 1.29 is 28.6 Å². The number of ether oxygens (including phenoxy) is 3. The Morgan fingerprint density at radius 1 is 0.310 bits per heavy atom. The van der Waals surface area contributed by atoms with Crippen molar-refractivity contribution in [1.29, 1.82) is 0 Å². The molecule has 0 saturated carbocycles. The van der Waals surface area contributed by atoms with Gasteiger partial charge in [0.15, 0.2) is 6.10 Å². The molecule has 0 aromatic heterocycles. The SMILES string of the molecule is CC/C=C\C/C=C\C/C=C\C/C=C\C/C=C\CC(=O)OC(COC(=O)CCCCCCCCCCC)COC(=O)CCCCCCCCCCCCCCCCCCC/C=C\C/C=C\CCCCCCC. The van der Waals surface area contributed by atoms with Gasteiger partial charge < -0.3 is 14.2 Å². The molecule has 0 spiro atoms. The molecule has 71 heavy (non-hydrogen) atoms. The molecular formula is C65H112O6. The summed E-state index contributed by atoms with van der Waals surface area (Å²) in [5.74, 6) is -1.04. The van der Waals surface area contributed by atoms with E-state index in [2.05, 4.69) is 93.7 Å². The van der Waals surface area contributed by atoms with E-state index < -0.39 is 12.1 Å². The van der Waals surface area contributed by atoms with Crippen molar-refractivity contribution in [2.24, 2.45) is 0 Å². The molecule has 0 N–H and O–H groups in total. The van der Waals surface area contributed by atoms with Crippen LogP contribution in [0.5, 0.6) is 0 Å². The summed E-state index contributed by atoms with van der Waals surface area (Å²) in [6.45, 7) is 6.43. The predicted molar refractivity (Wildman–Crippen MR) is 307 cm³/mol. The lowest BCUT2D eigenvalue weighted by Gasteiger charge is -2.18. The first kappa shape index (κ1) is 67.6. The Bertz CT molecular complexity index is 1370. The van der Waals surface area contributed by atoms with Crippen LogP contribution >= 0.6 is 0 Å². The molecule has 1 unspecified atom stereocenters. The summed E-state index contributed by atoms with van der Waals surface area (Å²) in [6, 6.07) is 0. The number of carbonyl (C=O) groups excluding carboxylic acids is 3. The molecule has 0 saturated heterocycles. The quantitative estimate of drug-likeness (QED) is 0.0261. The summed E-state index contributed by atoms with van der Waals surface area (Å²) in [6.07, 6.45) is 77.8. The van der Waals surface area contributed by atoms with Gasteiger partial charge in [-0.25, -0.2) is 0 Å². The van der Waals surface area contributed by atoms with Gasteiger partial charge in [0.25, 0.3) is 0 Å². The lowest BCUT2D eigenvalue weighted by atomic mass is 10.0. The average Bonchev–Trinajstić information content (AvgIpc) is 3.37. The van der Waals surface area contributed by atoms with Gasteiger partial charge in [0.05, 0.1) is 6.42 Å². The fraction of sp³-hybridized carbons (Fsp3) is 0.738. The number of allylic oxidation sites excluding steroid dienone is 13. The Morgan fingerprint density at radius 3 is 0.930 bits per heavy atom. The molecule has 0 bridgehead atoms. The van der Waals surface area contributed by atoms with E-state index in [-0.39, 0.29) is 31.6 Å². The van der Waals surface area contributed by atoms with E-state index in [4.69, 9.17) is 14.2 Å². The van der Waals surface area contributed by atoms with E-state index in [1.54, 1.807) is 6.08 Å². The second-order valence-corrected chi connectivity index (χ2v) is 19.9. The van der Waals surface area contributed by atoms with Crippen molar-refractivity contribution >= 4 is 17.9 Å². The molecule has 0 aliphatic heterocycles. The average molecular weight is 990 g/mol. The summed E-state index contributed by atoms with van der Waals surface area (Å²) in [5, 5.41) is 0. The van der Waals surface area contributed by atoms with Crippen molar-refractivity contribution in [1.82, 2.24) is 0 Å². The molecule has 1 atom stereocenters. The third kappa shape index (κ3) is 57.4. The van der Waals surface area contributed by atoms with Gasteiger partial charge in [-0.3, -0.25) is 14.4 Å². The van der Waals surface area contributed by atoms with Gasteiger partial charge in [-0.05, 0) is 77.0 Å². The van der Waals surface area contributed by atoms with Gasteiger partial charge in [-0.15, -0.1) is 0 Å². The van der Waals surface area contributed by atoms with E-state index in [0.717, 1.165) is 77.0 Å². The number of rotatable bonds is 54. The maximum absolute atomic E-state index is 12.7. The summed E-state index contributed by atoms with van der Waals surface area (Å²) < 4.78 is 16.7. The van der Waals surface area contributed by atoms with Crippen LogP contribution < -0.4 is 0 Å². The fourth-order valence-electron chi connectivity index (χ4n) is 8.43. The van der Waals surface area contributed by atoms with Crippen molar-refractivity contribution in [3.8, 4) is 0 Å². The Kier molecular flexibility index (Phi) is 56.3. The molecule has 0 aromatic rings. The van der Waals surface area contributed by atoms with Crippen LogP contribution in [0.15, 0.2) is 85.1 Å². The molecule has 0 heterocycles.